The lowest BCUT2D eigenvalue weighted by molar-refractivity contribution is -0.187. The minimum atomic E-state index is -4.06. The Morgan fingerprint density at radius 3 is 2.53 bits per heavy atom. The highest BCUT2D eigenvalue weighted by molar-refractivity contribution is 7.18. The van der Waals surface area contributed by atoms with E-state index in [9.17, 15) is 18.3 Å². The van der Waals surface area contributed by atoms with Gasteiger partial charge in [-0.15, -0.1) is 11.3 Å². The van der Waals surface area contributed by atoms with E-state index in [1.54, 1.807) is 11.3 Å². The topological polar surface area (TPSA) is 58.1 Å². The number of alkyl halides is 3. The normalized spacial score (nSPS) is 23.2. The first kappa shape index (κ1) is 27.6. The van der Waals surface area contributed by atoms with E-state index in [0.29, 0.717) is 26.0 Å². The van der Waals surface area contributed by atoms with Crippen molar-refractivity contribution in [1.82, 2.24) is 14.8 Å². The predicted octanol–water partition coefficient (Wildman–Crippen LogP) is 4.88. The zero-order valence-corrected chi connectivity index (χ0v) is 21.8. The Bertz CT molecular complexity index is 941. The summed E-state index contributed by atoms with van der Waals surface area (Å²) in [7, 11) is 0. The van der Waals surface area contributed by atoms with Crippen LogP contribution in [0.5, 0.6) is 5.75 Å². The number of aliphatic hydroxyl groups excluding tert-OH is 1. The number of aryl methyl sites for hydroxylation is 1. The number of hydrogen-bond acceptors (Lipinski definition) is 7. The van der Waals surface area contributed by atoms with Crippen LogP contribution in [0.4, 0.5) is 13.2 Å². The Kier molecular flexibility index (Phi) is 9.85. The van der Waals surface area contributed by atoms with Crippen LogP contribution in [0.1, 0.15) is 43.5 Å². The van der Waals surface area contributed by atoms with Gasteiger partial charge in [-0.2, -0.15) is 13.2 Å². The molecular weight excluding hydrogens is 491 g/mol. The molecule has 0 spiro atoms. The van der Waals surface area contributed by atoms with Crippen molar-refractivity contribution >= 4 is 21.6 Å². The van der Waals surface area contributed by atoms with Gasteiger partial charge in [0.15, 0.2) is 0 Å². The number of nitrogens with zero attached hydrogens (tertiary/aromatic N) is 3. The van der Waals surface area contributed by atoms with Crippen molar-refractivity contribution in [2.45, 2.75) is 63.8 Å². The number of aliphatic hydroxyl groups is 1. The van der Waals surface area contributed by atoms with Gasteiger partial charge in [-0.3, -0.25) is 4.90 Å². The molecule has 36 heavy (non-hydrogen) atoms. The molecule has 1 N–H and O–H groups in total. The van der Waals surface area contributed by atoms with Crippen LogP contribution in [0.15, 0.2) is 18.2 Å². The molecule has 4 rings (SSSR count). The van der Waals surface area contributed by atoms with Gasteiger partial charge >= 0.3 is 6.18 Å². The first-order valence-electron chi connectivity index (χ1n) is 13.1. The Balaban J connectivity index is 1.03. The molecule has 1 aromatic heterocycles. The van der Waals surface area contributed by atoms with E-state index in [0.717, 1.165) is 66.5 Å². The van der Waals surface area contributed by atoms with Gasteiger partial charge < -0.3 is 19.5 Å². The number of hydrogen-bond donors (Lipinski definition) is 1. The van der Waals surface area contributed by atoms with Crippen LogP contribution >= 0.6 is 11.3 Å². The Morgan fingerprint density at radius 2 is 1.81 bits per heavy atom. The van der Waals surface area contributed by atoms with Gasteiger partial charge in [0, 0.05) is 45.4 Å². The average molecular weight is 530 g/mol. The SMILES string of the molecule is Cc1nc2cc(OC[C@H](O)CN3CCN(CCCCOC4CCC(C(F)(F)F)CC4)CC3)ccc2s1. The summed E-state index contributed by atoms with van der Waals surface area (Å²) in [5.41, 5.74) is 0.931. The highest BCUT2D eigenvalue weighted by Crippen LogP contribution is 2.38. The van der Waals surface area contributed by atoms with Crippen LogP contribution in [-0.4, -0.2) is 90.8 Å². The summed E-state index contributed by atoms with van der Waals surface area (Å²) in [6.45, 7) is 8.24. The molecule has 0 radical (unpaired) electrons. The number of piperazine rings is 1. The number of unbranched alkanes of at least 4 members (excludes halogenated alkanes) is 1. The van der Waals surface area contributed by atoms with Crippen molar-refractivity contribution in [2.75, 3.05) is 52.5 Å². The number of ether oxygens (including phenoxy) is 2. The lowest BCUT2D eigenvalue weighted by Crippen LogP contribution is -2.49. The number of fused-ring (bicyclic) bond motifs is 1. The van der Waals surface area contributed by atoms with E-state index in [2.05, 4.69) is 14.8 Å². The Hall–Kier alpha value is -1.46. The number of thiazole rings is 1. The fourth-order valence-corrected chi connectivity index (χ4v) is 5.90. The van der Waals surface area contributed by atoms with E-state index in [1.165, 1.54) is 0 Å². The van der Waals surface area contributed by atoms with Gasteiger partial charge in [-0.1, -0.05) is 0 Å². The molecule has 1 aromatic carbocycles. The smallest absolute Gasteiger partial charge is 0.391 e. The van der Waals surface area contributed by atoms with Gasteiger partial charge in [-0.05, 0) is 64.1 Å². The highest BCUT2D eigenvalue weighted by Gasteiger charge is 2.41. The third kappa shape index (κ3) is 8.28. The molecule has 10 heteroatoms. The van der Waals surface area contributed by atoms with Crippen LogP contribution < -0.4 is 4.74 Å². The standard InChI is InChI=1S/C26H38F3N3O3S/c1-19-30-24-16-23(8-9-25(24)36-19)35-18-21(33)17-32-13-11-31(12-14-32)10-2-3-15-34-22-6-4-20(5-7-22)26(27,28)29/h8-9,16,20-22,33H,2-7,10-15,17-18H2,1H3/t20?,21-,22?/m1/s1. The summed E-state index contributed by atoms with van der Waals surface area (Å²) in [6, 6.07) is 5.86. The fourth-order valence-electron chi connectivity index (χ4n) is 5.10. The van der Waals surface area contributed by atoms with Gasteiger partial charge in [0.25, 0.3) is 0 Å². The fraction of sp³-hybridized carbons (Fsp3) is 0.731. The number of aromatic nitrogens is 1. The highest BCUT2D eigenvalue weighted by atomic mass is 32.1. The number of rotatable bonds is 11. The minimum absolute atomic E-state index is 0.0121. The lowest BCUT2D eigenvalue weighted by atomic mass is 9.87. The number of halogens is 3. The third-order valence-electron chi connectivity index (χ3n) is 7.20. The quantitative estimate of drug-likeness (QED) is 0.419. The van der Waals surface area contributed by atoms with E-state index in [1.807, 2.05) is 25.1 Å². The maximum atomic E-state index is 12.8. The average Bonchev–Trinajstić information content (AvgIpc) is 3.22. The van der Waals surface area contributed by atoms with E-state index in [-0.39, 0.29) is 25.6 Å². The summed E-state index contributed by atoms with van der Waals surface area (Å²) in [5, 5.41) is 11.5. The van der Waals surface area contributed by atoms with Crippen LogP contribution in [-0.2, 0) is 4.74 Å². The predicted molar refractivity (Wildman–Crippen MR) is 136 cm³/mol. The largest absolute Gasteiger partial charge is 0.491 e. The van der Waals surface area contributed by atoms with Crippen LogP contribution in [0.25, 0.3) is 10.2 Å². The van der Waals surface area contributed by atoms with Crippen molar-refractivity contribution < 1.29 is 27.8 Å². The first-order chi connectivity index (χ1) is 17.3. The molecule has 2 heterocycles. The second-order valence-corrected chi connectivity index (χ2v) is 11.3. The third-order valence-corrected chi connectivity index (χ3v) is 8.15. The molecule has 202 valence electrons. The molecule has 0 unspecified atom stereocenters. The summed E-state index contributed by atoms with van der Waals surface area (Å²) in [6.07, 6.45) is -1.23. The molecule has 0 bridgehead atoms. The second-order valence-electron chi connectivity index (χ2n) is 10.1. The number of β-amino-alcohol motifs (C(OH)–C–C–N with tert-alkyl or cyclic N) is 1. The van der Waals surface area contributed by atoms with Crippen LogP contribution in [0.3, 0.4) is 0 Å². The second kappa shape index (κ2) is 12.9. The summed E-state index contributed by atoms with van der Waals surface area (Å²) in [5.74, 6) is -0.414. The molecule has 1 saturated carbocycles. The summed E-state index contributed by atoms with van der Waals surface area (Å²) >= 11 is 1.66. The molecule has 1 atom stereocenters. The van der Waals surface area contributed by atoms with Crippen molar-refractivity contribution in [1.29, 1.82) is 0 Å². The summed E-state index contributed by atoms with van der Waals surface area (Å²) in [4.78, 5) is 9.19. The van der Waals surface area contributed by atoms with Crippen LogP contribution in [0.2, 0.25) is 0 Å². The van der Waals surface area contributed by atoms with Crippen molar-refractivity contribution in [3.8, 4) is 5.75 Å². The Morgan fingerprint density at radius 1 is 1.08 bits per heavy atom. The zero-order valence-electron chi connectivity index (χ0n) is 21.0. The monoisotopic (exact) mass is 529 g/mol. The minimum Gasteiger partial charge on any atom is -0.491 e. The molecular formula is C26H38F3N3O3S. The number of benzene rings is 1. The van der Waals surface area contributed by atoms with Gasteiger partial charge in [0.1, 0.15) is 18.5 Å². The van der Waals surface area contributed by atoms with Crippen molar-refractivity contribution in [3.63, 3.8) is 0 Å². The molecule has 2 aliphatic rings. The molecule has 2 aromatic rings. The molecule has 6 nitrogen and oxygen atoms in total. The molecule has 2 fully saturated rings. The summed E-state index contributed by atoms with van der Waals surface area (Å²) < 4.78 is 51.0. The maximum Gasteiger partial charge on any atom is 0.391 e. The van der Waals surface area contributed by atoms with Crippen LogP contribution in [0, 0.1) is 12.8 Å². The molecule has 0 amide bonds. The Labute approximate surface area is 215 Å². The molecule has 1 aliphatic carbocycles. The van der Waals surface area contributed by atoms with Gasteiger partial charge in [0.2, 0.25) is 0 Å². The van der Waals surface area contributed by atoms with E-state index in [4.69, 9.17) is 9.47 Å². The molecule has 1 saturated heterocycles. The van der Waals surface area contributed by atoms with Gasteiger partial charge in [-0.25, -0.2) is 4.98 Å². The first-order valence-corrected chi connectivity index (χ1v) is 13.9. The maximum absolute atomic E-state index is 12.8. The lowest BCUT2D eigenvalue weighted by Gasteiger charge is -2.35. The van der Waals surface area contributed by atoms with Crippen molar-refractivity contribution in [3.05, 3.63) is 23.2 Å². The zero-order chi connectivity index (χ0) is 25.5. The van der Waals surface area contributed by atoms with E-state index >= 15 is 0 Å². The van der Waals surface area contributed by atoms with E-state index < -0.39 is 18.2 Å². The molecule has 1 aliphatic heterocycles. The van der Waals surface area contributed by atoms with Crippen molar-refractivity contribution in [2.24, 2.45) is 5.92 Å². The van der Waals surface area contributed by atoms with Gasteiger partial charge in [0.05, 0.1) is 27.2 Å².